The zero-order valence-corrected chi connectivity index (χ0v) is 11.1. The Bertz CT molecular complexity index is 771. The predicted molar refractivity (Wildman–Crippen MR) is 71.0 cm³/mol. The van der Waals surface area contributed by atoms with Crippen molar-refractivity contribution in [3.05, 3.63) is 38.9 Å². The summed E-state index contributed by atoms with van der Waals surface area (Å²) in [4.78, 5) is 4.19. The summed E-state index contributed by atoms with van der Waals surface area (Å²) in [5.74, 6) is 0. The van der Waals surface area contributed by atoms with E-state index >= 15 is 0 Å². The largest absolute Gasteiger partial charge is 0.215 e. The highest BCUT2D eigenvalue weighted by Gasteiger charge is 2.17. The standard InChI is InChI=1S/C11H4Cl2N4S/c12-9-8(6-1-2-18-5-6)10(13)17-11(16-9)7(3-14)4-15-17/h1-2,4-5H. The zero-order valence-electron chi connectivity index (χ0n) is 8.76. The van der Waals surface area contributed by atoms with Crippen LogP contribution in [0.25, 0.3) is 16.8 Å². The summed E-state index contributed by atoms with van der Waals surface area (Å²) in [6.45, 7) is 0. The van der Waals surface area contributed by atoms with E-state index in [1.54, 1.807) is 0 Å². The first-order valence-corrected chi connectivity index (χ1v) is 6.57. The van der Waals surface area contributed by atoms with Crippen LogP contribution in [0.15, 0.2) is 23.0 Å². The van der Waals surface area contributed by atoms with E-state index in [-0.39, 0.29) is 5.15 Å². The van der Waals surface area contributed by atoms with Crippen LogP contribution in [-0.2, 0) is 0 Å². The molecule has 0 fully saturated rings. The van der Waals surface area contributed by atoms with E-state index in [0.717, 1.165) is 5.56 Å². The molecular formula is C11H4Cl2N4S. The van der Waals surface area contributed by atoms with Gasteiger partial charge < -0.3 is 0 Å². The van der Waals surface area contributed by atoms with Crippen LogP contribution in [0.5, 0.6) is 0 Å². The number of fused-ring (bicyclic) bond motifs is 1. The molecule has 0 atom stereocenters. The smallest absolute Gasteiger partial charge is 0.176 e. The lowest BCUT2D eigenvalue weighted by atomic mass is 10.2. The quantitative estimate of drug-likeness (QED) is 0.644. The fourth-order valence-electron chi connectivity index (χ4n) is 1.66. The van der Waals surface area contributed by atoms with E-state index in [0.29, 0.717) is 21.9 Å². The SMILES string of the molecule is N#Cc1cnn2c(Cl)c(-c3ccsc3)c(Cl)nc12. The number of nitrogens with zero attached hydrogens (tertiary/aromatic N) is 4. The minimum Gasteiger partial charge on any atom is -0.215 e. The summed E-state index contributed by atoms with van der Waals surface area (Å²) in [5.41, 5.74) is 2.22. The van der Waals surface area contributed by atoms with Gasteiger partial charge in [0, 0.05) is 0 Å². The molecule has 0 N–H and O–H groups in total. The molecule has 4 nitrogen and oxygen atoms in total. The Labute approximate surface area is 116 Å². The van der Waals surface area contributed by atoms with Crippen LogP contribution in [-0.4, -0.2) is 14.6 Å². The minimum atomic E-state index is 0.267. The summed E-state index contributed by atoms with van der Waals surface area (Å²) in [5, 5.41) is 17.4. The van der Waals surface area contributed by atoms with Gasteiger partial charge in [-0.15, -0.1) is 0 Å². The lowest BCUT2D eigenvalue weighted by Crippen LogP contribution is -1.97. The predicted octanol–water partition coefficient (Wildman–Crippen LogP) is 3.64. The van der Waals surface area contributed by atoms with Gasteiger partial charge in [0.15, 0.2) is 5.65 Å². The fraction of sp³-hybridized carbons (Fsp3) is 0. The lowest BCUT2D eigenvalue weighted by molar-refractivity contribution is 0.942. The highest BCUT2D eigenvalue weighted by molar-refractivity contribution is 7.08. The third-order valence-electron chi connectivity index (χ3n) is 2.48. The lowest BCUT2D eigenvalue weighted by Gasteiger charge is -2.06. The third kappa shape index (κ3) is 1.58. The highest BCUT2D eigenvalue weighted by atomic mass is 35.5. The summed E-state index contributed by atoms with van der Waals surface area (Å²) in [6.07, 6.45) is 1.42. The van der Waals surface area contributed by atoms with Gasteiger partial charge in [-0.25, -0.2) is 9.50 Å². The summed E-state index contributed by atoms with van der Waals surface area (Å²) < 4.78 is 1.42. The third-order valence-corrected chi connectivity index (χ3v) is 3.78. The second-order valence-electron chi connectivity index (χ2n) is 3.49. The van der Waals surface area contributed by atoms with Crippen molar-refractivity contribution in [1.29, 1.82) is 5.26 Å². The molecule has 0 aliphatic heterocycles. The van der Waals surface area contributed by atoms with E-state index in [1.807, 2.05) is 22.9 Å². The molecule has 0 spiro atoms. The van der Waals surface area contributed by atoms with Gasteiger partial charge in [-0.2, -0.15) is 21.7 Å². The van der Waals surface area contributed by atoms with Gasteiger partial charge in [0.2, 0.25) is 0 Å². The molecule has 0 radical (unpaired) electrons. The van der Waals surface area contributed by atoms with E-state index in [2.05, 4.69) is 10.1 Å². The molecule has 3 aromatic heterocycles. The van der Waals surface area contributed by atoms with Crippen molar-refractivity contribution >= 4 is 40.2 Å². The maximum Gasteiger partial charge on any atom is 0.176 e. The van der Waals surface area contributed by atoms with Gasteiger partial charge in [0.05, 0.1) is 11.8 Å². The van der Waals surface area contributed by atoms with Crippen LogP contribution in [0, 0.1) is 11.3 Å². The molecule has 3 heterocycles. The highest BCUT2D eigenvalue weighted by Crippen LogP contribution is 2.35. The normalized spacial score (nSPS) is 10.7. The molecule has 0 bridgehead atoms. The number of halogens is 2. The molecule has 0 amide bonds. The molecule has 0 aliphatic rings. The topological polar surface area (TPSA) is 54.0 Å². The molecule has 88 valence electrons. The summed E-state index contributed by atoms with van der Waals surface area (Å²) >= 11 is 14.0. The molecule has 0 unspecified atom stereocenters. The second-order valence-corrected chi connectivity index (χ2v) is 4.98. The molecule has 0 aromatic carbocycles. The van der Waals surface area contributed by atoms with E-state index < -0.39 is 0 Å². The maximum absolute atomic E-state index is 8.93. The van der Waals surface area contributed by atoms with Crippen molar-refractivity contribution in [2.45, 2.75) is 0 Å². The summed E-state index contributed by atoms with van der Waals surface area (Å²) in [7, 11) is 0. The van der Waals surface area contributed by atoms with Crippen LogP contribution in [0.3, 0.4) is 0 Å². The Hall–Kier alpha value is -1.61. The van der Waals surface area contributed by atoms with Gasteiger partial charge in [-0.1, -0.05) is 23.2 Å². The Morgan fingerprint density at radius 2 is 2.22 bits per heavy atom. The van der Waals surface area contributed by atoms with E-state index in [9.17, 15) is 0 Å². The van der Waals surface area contributed by atoms with Crippen molar-refractivity contribution in [1.82, 2.24) is 14.6 Å². The number of hydrogen-bond donors (Lipinski definition) is 0. The van der Waals surface area contributed by atoms with Crippen LogP contribution in [0.2, 0.25) is 10.3 Å². The molecular weight excluding hydrogens is 291 g/mol. The Balaban J connectivity index is 2.39. The van der Waals surface area contributed by atoms with Crippen molar-refractivity contribution in [2.24, 2.45) is 0 Å². The Kier molecular flexibility index (Phi) is 2.71. The molecule has 0 aliphatic carbocycles. The Morgan fingerprint density at radius 3 is 2.89 bits per heavy atom. The zero-order chi connectivity index (χ0) is 12.7. The average molecular weight is 295 g/mol. The molecule has 18 heavy (non-hydrogen) atoms. The number of hydrogen-bond acceptors (Lipinski definition) is 4. The molecule has 0 saturated carbocycles. The minimum absolute atomic E-state index is 0.267. The van der Waals surface area contributed by atoms with Crippen LogP contribution < -0.4 is 0 Å². The molecule has 3 rings (SSSR count). The number of thiophene rings is 1. The van der Waals surface area contributed by atoms with Crippen molar-refractivity contribution in [2.75, 3.05) is 0 Å². The number of rotatable bonds is 1. The van der Waals surface area contributed by atoms with E-state index in [4.69, 9.17) is 28.5 Å². The van der Waals surface area contributed by atoms with Gasteiger partial charge in [0.1, 0.15) is 21.9 Å². The summed E-state index contributed by atoms with van der Waals surface area (Å²) in [6, 6.07) is 3.90. The molecule has 3 aromatic rings. The monoisotopic (exact) mass is 294 g/mol. The number of nitriles is 1. The average Bonchev–Trinajstić information content (AvgIpc) is 2.97. The maximum atomic E-state index is 8.93. The van der Waals surface area contributed by atoms with Gasteiger partial charge >= 0.3 is 0 Å². The van der Waals surface area contributed by atoms with Gasteiger partial charge in [0.25, 0.3) is 0 Å². The number of aromatic nitrogens is 3. The van der Waals surface area contributed by atoms with Gasteiger partial charge in [-0.05, 0) is 22.4 Å². The van der Waals surface area contributed by atoms with Crippen LogP contribution in [0.4, 0.5) is 0 Å². The first kappa shape index (κ1) is 11.5. The van der Waals surface area contributed by atoms with Crippen LogP contribution >= 0.6 is 34.5 Å². The first-order valence-electron chi connectivity index (χ1n) is 4.87. The molecule has 0 saturated heterocycles. The van der Waals surface area contributed by atoms with E-state index in [1.165, 1.54) is 22.0 Å². The van der Waals surface area contributed by atoms with Gasteiger partial charge in [-0.3, -0.25) is 0 Å². The molecule has 7 heteroatoms. The second kappa shape index (κ2) is 4.25. The van der Waals surface area contributed by atoms with Crippen molar-refractivity contribution < 1.29 is 0 Å². The van der Waals surface area contributed by atoms with Crippen LogP contribution in [0.1, 0.15) is 5.56 Å². The first-order chi connectivity index (χ1) is 8.72. The van der Waals surface area contributed by atoms with Crippen molar-refractivity contribution in [3.8, 4) is 17.2 Å². The fourth-order valence-corrected chi connectivity index (χ4v) is 2.95. The van der Waals surface area contributed by atoms with Crippen molar-refractivity contribution in [3.63, 3.8) is 0 Å². The Morgan fingerprint density at radius 1 is 1.39 bits per heavy atom.